The van der Waals surface area contributed by atoms with Gasteiger partial charge in [0.05, 0.1) is 11.1 Å². The van der Waals surface area contributed by atoms with Crippen molar-refractivity contribution in [2.75, 3.05) is 0 Å². The molecule has 104 valence electrons. The van der Waals surface area contributed by atoms with Gasteiger partial charge in [0, 0.05) is 17.6 Å². The van der Waals surface area contributed by atoms with Crippen molar-refractivity contribution < 1.29 is 8.78 Å². The molecule has 0 aliphatic carbocycles. The summed E-state index contributed by atoms with van der Waals surface area (Å²) in [5, 5.41) is 2.68. The zero-order chi connectivity index (χ0) is 14.5. The summed E-state index contributed by atoms with van der Waals surface area (Å²) < 4.78 is 29.4. The molecule has 0 bridgehead atoms. The van der Waals surface area contributed by atoms with Crippen LogP contribution in [0.2, 0.25) is 0 Å². The minimum atomic E-state index is -0.653. The first-order valence-corrected chi connectivity index (χ1v) is 7.20. The number of thiazole rings is 1. The summed E-state index contributed by atoms with van der Waals surface area (Å²) in [6.45, 7) is 3.83. The molecule has 7 heteroatoms. The van der Waals surface area contributed by atoms with E-state index >= 15 is 0 Å². The summed E-state index contributed by atoms with van der Waals surface area (Å²) in [5.74, 6) is -1.28. The predicted octanol–water partition coefficient (Wildman–Crippen LogP) is 4.22. The Kier molecular flexibility index (Phi) is 2.98. The van der Waals surface area contributed by atoms with Crippen molar-refractivity contribution in [2.24, 2.45) is 0 Å². The maximum atomic E-state index is 13.8. The lowest BCUT2D eigenvalue weighted by Crippen LogP contribution is -2.27. The van der Waals surface area contributed by atoms with Crippen molar-refractivity contribution >= 4 is 34.6 Å². The highest BCUT2D eigenvalue weighted by Crippen LogP contribution is 2.32. The molecule has 0 saturated carbocycles. The van der Waals surface area contributed by atoms with Gasteiger partial charge in [0.25, 0.3) is 0 Å². The number of aromatic amines is 1. The largest absolute Gasteiger partial charge is 0.328 e. The molecule has 0 spiro atoms. The molecule has 0 atom stereocenters. The molecule has 3 aromatic rings. The van der Waals surface area contributed by atoms with Crippen LogP contribution in [0.4, 0.5) is 8.78 Å². The Morgan fingerprint density at radius 3 is 2.75 bits per heavy atom. The zero-order valence-electron chi connectivity index (χ0n) is 10.8. The van der Waals surface area contributed by atoms with Crippen molar-refractivity contribution in [3.8, 4) is 0 Å². The molecular weight excluding hydrogens is 300 g/mol. The number of benzene rings is 1. The third-order valence-electron chi connectivity index (χ3n) is 3.22. The molecule has 2 heterocycles. The van der Waals surface area contributed by atoms with Crippen LogP contribution in [0.3, 0.4) is 0 Å². The second-order valence-corrected chi connectivity index (χ2v) is 6.22. The van der Waals surface area contributed by atoms with Gasteiger partial charge in [0.1, 0.15) is 16.3 Å². The summed E-state index contributed by atoms with van der Waals surface area (Å²) >= 11 is 6.75. The summed E-state index contributed by atoms with van der Waals surface area (Å²) in [6.07, 6.45) is 1.70. The van der Waals surface area contributed by atoms with E-state index in [1.165, 1.54) is 17.4 Å². The first-order chi connectivity index (χ1) is 9.41. The standard InChI is InChI=1S/C13H11F2N3S2/c1-13(2,11-16-3-4-20-11)18-9-6-7(14)5-8(15)10(9)17-12(18)19/h3-6H,1-2H3,(H,17,19). The molecule has 0 radical (unpaired) electrons. The second-order valence-electron chi connectivity index (χ2n) is 4.94. The van der Waals surface area contributed by atoms with Crippen LogP contribution in [0.1, 0.15) is 18.9 Å². The van der Waals surface area contributed by atoms with E-state index in [9.17, 15) is 8.78 Å². The summed E-state index contributed by atoms with van der Waals surface area (Å²) in [5.41, 5.74) is 0.0118. The molecule has 0 amide bonds. The highest BCUT2D eigenvalue weighted by Gasteiger charge is 2.29. The number of imidazole rings is 1. The van der Waals surface area contributed by atoms with Crippen molar-refractivity contribution in [3.05, 3.63) is 45.1 Å². The average Bonchev–Trinajstić information content (AvgIpc) is 2.96. The van der Waals surface area contributed by atoms with E-state index in [2.05, 4.69) is 9.97 Å². The highest BCUT2D eigenvalue weighted by molar-refractivity contribution is 7.71. The van der Waals surface area contributed by atoms with Crippen molar-refractivity contribution in [1.82, 2.24) is 14.5 Å². The minimum Gasteiger partial charge on any atom is -0.328 e. The van der Waals surface area contributed by atoms with Gasteiger partial charge in [-0.2, -0.15) is 0 Å². The number of nitrogens with one attached hydrogen (secondary N) is 1. The van der Waals surface area contributed by atoms with Crippen LogP contribution >= 0.6 is 23.6 Å². The molecule has 1 aromatic carbocycles. The van der Waals surface area contributed by atoms with Crippen molar-refractivity contribution in [2.45, 2.75) is 19.4 Å². The van der Waals surface area contributed by atoms with Gasteiger partial charge >= 0.3 is 0 Å². The molecule has 0 fully saturated rings. The van der Waals surface area contributed by atoms with E-state index in [1.807, 2.05) is 19.2 Å². The van der Waals surface area contributed by atoms with E-state index in [-0.39, 0.29) is 5.52 Å². The fourth-order valence-corrected chi connectivity index (χ4v) is 3.49. The maximum Gasteiger partial charge on any atom is 0.179 e. The Labute approximate surface area is 122 Å². The Hall–Kier alpha value is -1.60. The molecule has 3 nitrogen and oxygen atoms in total. The molecule has 0 aliphatic rings. The van der Waals surface area contributed by atoms with Gasteiger partial charge in [-0.25, -0.2) is 13.8 Å². The lowest BCUT2D eigenvalue weighted by molar-refractivity contribution is 0.440. The van der Waals surface area contributed by atoms with Gasteiger partial charge in [-0.1, -0.05) is 0 Å². The fraction of sp³-hybridized carbons (Fsp3) is 0.231. The van der Waals surface area contributed by atoms with Gasteiger partial charge in [-0.15, -0.1) is 11.3 Å². The Morgan fingerprint density at radius 1 is 1.35 bits per heavy atom. The number of halogens is 2. The van der Waals surface area contributed by atoms with Crippen LogP contribution in [0.15, 0.2) is 23.7 Å². The topological polar surface area (TPSA) is 33.6 Å². The monoisotopic (exact) mass is 311 g/mol. The van der Waals surface area contributed by atoms with Gasteiger partial charge < -0.3 is 9.55 Å². The highest BCUT2D eigenvalue weighted by atomic mass is 32.1. The first-order valence-electron chi connectivity index (χ1n) is 5.91. The molecule has 2 aromatic heterocycles. The number of hydrogen-bond acceptors (Lipinski definition) is 3. The normalized spacial score (nSPS) is 12.2. The lowest BCUT2D eigenvalue weighted by atomic mass is 10.1. The summed E-state index contributed by atoms with van der Waals surface area (Å²) in [6, 6.07) is 2.12. The SMILES string of the molecule is CC(C)(c1nccs1)n1c(=S)[nH]c2c(F)cc(F)cc21. The molecule has 1 N–H and O–H groups in total. The number of nitrogens with zero attached hydrogens (tertiary/aromatic N) is 2. The average molecular weight is 311 g/mol. The fourth-order valence-electron chi connectivity index (χ4n) is 2.31. The second kappa shape index (κ2) is 4.46. The van der Waals surface area contributed by atoms with Crippen LogP contribution in [0, 0.1) is 16.4 Å². The van der Waals surface area contributed by atoms with Crippen LogP contribution in [0.5, 0.6) is 0 Å². The third kappa shape index (κ3) is 1.89. The molecule has 0 aliphatic heterocycles. The van der Waals surface area contributed by atoms with Crippen LogP contribution in [-0.2, 0) is 5.54 Å². The summed E-state index contributed by atoms with van der Waals surface area (Å²) in [4.78, 5) is 7.09. The quantitative estimate of drug-likeness (QED) is 0.719. The van der Waals surface area contributed by atoms with Crippen LogP contribution in [0.25, 0.3) is 11.0 Å². The molecule has 0 unspecified atom stereocenters. The smallest absolute Gasteiger partial charge is 0.179 e. The predicted molar refractivity (Wildman–Crippen MR) is 77.6 cm³/mol. The first kappa shape index (κ1) is 13.4. The Balaban J connectivity index is 2.37. The van der Waals surface area contributed by atoms with E-state index < -0.39 is 17.2 Å². The van der Waals surface area contributed by atoms with E-state index in [0.29, 0.717) is 10.3 Å². The van der Waals surface area contributed by atoms with Crippen molar-refractivity contribution in [1.29, 1.82) is 0 Å². The minimum absolute atomic E-state index is 0.209. The summed E-state index contributed by atoms with van der Waals surface area (Å²) in [7, 11) is 0. The Bertz CT molecular complexity index is 831. The van der Waals surface area contributed by atoms with Gasteiger partial charge in [-0.05, 0) is 32.1 Å². The number of hydrogen-bond donors (Lipinski definition) is 1. The molecular formula is C13H11F2N3S2. The van der Waals surface area contributed by atoms with Crippen LogP contribution in [-0.4, -0.2) is 14.5 Å². The van der Waals surface area contributed by atoms with Crippen LogP contribution < -0.4 is 0 Å². The van der Waals surface area contributed by atoms with Gasteiger partial charge in [0.2, 0.25) is 0 Å². The van der Waals surface area contributed by atoms with Gasteiger partial charge in [0.15, 0.2) is 10.6 Å². The number of H-pyrrole nitrogens is 1. The number of fused-ring (bicyclic) bond motifs is 1. The molecule has 3 rings (SSSR count). The van der Waals surface area contributed by atoms with Crippen molar-refractivity contribution in [3.63, 3.8) is 0 Å². The van der Waals surface area contributed by atoms with E-state index in [1.54, 1.807) is 10.8 Å². The zero-order valence-corrected chi connectivity index (χ0v) is 12.4. The molecule has 0 saturated heterocycles. The van der Waals surface area contributed by atoms with E-state index in [0.717, 1.165) is 11.1 Å². The number of rotatable bonds is 2. The maximum absolute atomic E-state index is 13.8. The van der Waals surface area contributed by atoms with Gasteiger partial charge in [-0.3, -0.25) is 0 Å². The lowest BCUT2D eigenvalue weighted by Gasteiger charge is -2.25. The Morgan fingerprint density at radius 2 is 2.10 bits per heavy atom. The number of aromatic nitrogens is 3. The van der Waals surface area contributed by atoms with E-state index in [4.69, 9.17) is 12.2 Å². The third-order valence-corrected chi connectivity index (χ3v) is 4.60. The molecule has 20 heavy (non-hydrogen) atoms.